The zero-order valence-electron chi connectivity index (χ0n) is 7.76. The maximum Gasteiger partial charge on any atom is 3.00 e. The van der Waals surface area contributed by atoms with Gasteiger partial charge in [0.2, 0.25) is 0 Å². The summed E-state index contributed by atoms with van der Waals surface area (Å²) in [5.41, 5.74) is -2.97. The van der Waals surface area contributed by atoms with E-state index in [1.165, 1.54) is 0 Å². The molecule has 15 heavy (non-hydrogen) atoms. The van der Waals surface area contributed by atoms with Crippen LogP contribution in [0.3, 0.4) is 0 Å². The van der Waals surface area contributed by atoms with Gasteiger partial charge < -0.3 is 34.8 Å². The van der Waals surface area contributed by atoms with Crippen molar-refractivity contribution in [1.82, 2.24) is 0 Å². The molecule has 2 radical (unpaired) electrons. The van der Waals surface area contributed by atoms with Gasteiger partial charge in [0.1, 0.15) is 5.60 Å². The fraction of sp³-hybridized carbons (Fsp3) is 0.500. The quantitative estimate of drug-likeness (QED) is 0.422. The summed E-state index contributed by atoms with van der Waals surface area (Å²) in [7, 11) is 0. The van der Waals surface area contributed by atoms with Crippen LogP contribution in [0.5, 0.6) is 0 Å². The smallest absolute Gasteiger partial charge is 0.550 e. The molecule has 0 heterocycles. The number of aliphatic hydroxyl groups is 1. The van der Waals surface area contributed by atoms with Crippen LogP contribution in [-0.2, 0) is 14.4 Å². The first-order valence-corrected chi connectivity index (χ1v) is 3.11. The van der Waals surface area contributed by atoms with Gasteiger partial charge in [-0.05, 0) is 0 Å². The number of carboxylic acids is 3. The maximum atomic E-state index is 10.1. The summed E-state index contributed by atoms with van der Waals surface area (Å²) in [6.45, 7) is 0. The van der Waals surface area contributed by atoms with Gasteiger partial charge in [0.15, 0.2) is 0 Å². The van der Waals surface area contributed by atoms with Crippen molar-refractivity contribution in [1.29, 1.82) is 0 Å². The minimum absolute atomic E-state index is 0. The third-order valence-electron chi connectivity index (χ3n) is 1.25. The Labute approximate surface area is 146 Å². The van der Waals surface area contributed by atoms with E-state index < -0.39 is 36.4 Å². The normalized spacial score (nSPS) is 9.40. The Morgan fingerprint density at radius 2 is 1.27 bits per heavy atom. The van der Waals surface area contributed by atoms with Crippen LogP contribution in [-0.4, -0.2) is 54.8 Å². The summed E-state index contributed by atoms with van der Waals surface area (Å²) in [6.07, 6.45) is -2.72. The molecule has 76 valence electrons. The third kappa shape index (κ3) is 8.67. The van der Waals surface area contributed by atoms with Gasteiger partial charge in [-0.2, -0.15) is 0 Å². The zero-order valence-corrected chi connectivity index (χ0v) is 14.4. The molecule has 0 rings (SSSR count). The molecule has 0 aliphatic heterocycles. The van der Waals surface area contributed by atoms with Crippen molar-refractivity contribution in [3.8, 4) is 0 Å². The fourth-order valence-electron chi connectivity index (χ4n) is 0.684. The van der Waals surface area contributed by atoms with Crippen LogP contribution in [0.2, 0.25) is 0 Å². The number of hydrogen-bond acceptors (Lipinski definition) is 7. The van der Waals surface area contributed by atoms with E-state index in [4.69, 9.17) is 5.11 Å². The molecule has 0 spiro atoms. The van der Waals surface area contributed by atoms with Gasteiger partial charge in [0.25, 0.3) is 0 Å². The van der Waals surface area contributed by atoms with E-state index in [9.17, 15) is 29.7 Å². The second kappa shape index (κ2) is 8.98. The molecule has 0 amide bonds. The van der Waals surface area contributed by atoms with Crippen LogP contribution in [0.15, 0.2) is 0 Å². The van der Waals surface area contributed by atoms with Crippen molar-refractivity contribution in [2.24, 2.45) is 0 Å². The van der Waals surface area contributed by atoms with Gasteiger partial charge in [-0.25, -0.2) is 0 Å². The summed E-state index contributed by atoms with van der Waals surface area (Å²) in [4.78, 5) is 30.0. The number of carbonyl (C=O) groups is 3. The van der Waals surface area contributed by atoms with Crippen LogP contribution >= 0.6 is 0 Å². The van der Waals surface area contributed by atoms with E-state index in [-0.39, 0.29) is 77.6 Å². The average Bonchev–Trinajstić information content (AvgIpc) is 1.82. The Balaban J connectivity index is -0.000000720. The van der Waals surface area contributed by atoms with Gasteiger partial charge >= 0.3 is 77.6 Å². The number of hydrogen-bond donors (Lipinski definition) is 1. The molecule has 9 heteroatoms. The number of carbonyl (C=O) groups excluding carboxylic acids is 3. The van der Waals surface area contributed by atoms with Gasteiger partial charge in [0, 0.05) is 24.8 Å². The molecule has 0 aromatic rings. The number of carboxylic acid groups (broad SMARTS) is 3. The van der Waals surface area contributed by atoms with E-state index in [0.29, 0.717) is 0 Å². The van der Waals surface area contributed by atoms with E-state index >= 15 is 0 Å². The number of rotatable bonds is 5. The van der Waals surface area contributed by atoms with Gasteiger partial charge in [-0.1, -0.05) is 0 Å². The van der Waals surface area contributed by atoms with E-state index in [2.05, 4.69) is 0 Å². The van der Waals surface area contributed by atoms with Gasteiger partial charge in [-0.15, -0.1) is 0 Å². The first kappa shape index (κ1) is 21.2. The Morgan fingerprint density at radius 3 is 1.40 bits per heavy atom. The minimum Gasteiger partial charge on any atom is -0.550 e. The fourth-order valence-corrected chi connectivity index (χ4v) is 0.684. The molecular formula is C6H5BiKO7+. The van der Waals surface area contributed by atoms with Crippen molar-refractivity contribution >= 4 is 44.1 Å². The van der Waals surface area contributed by atoms with E-state index in [1.54, 1.807) is 0 Å². The average molecular weight is 437 g/mol. The molecule has 0 saturated heterocycles. The van der Waals surface area contributed by atoms with Crippen LogP contribution in [0, 0.1) is 0 Å². The molecule has 1 N–H and O–H groups in total. The molecule has 7 nitrogen and oxygen atoms in total. The molecule has 0 aromatic heterocycles. The topological polar surface area (TPSA) is 141 Å². The molecule has 0 saturated carbocycles. The monoisotopic (exact) mass is 437 g/mol. The standard InChI is InChI=1S/C6H8O7.Bi.K/c7-3(8)1-6(13,5(11)12)2-4(9)10;;/h13H,1-2H2,(H,7,8)(H,9,10)(H,11,12);;/q;+3;+1/p-3. The number of aliphatic carboxylic acids is 3. The zero-order chi connectivity index (χ0) is 10.6. The molecule has 0 aromatic carbocycles. The predicted octanol–water partition coefficient (Wildman–Crippen LogP) is -8.63. The Kier molecular flexibility index (Phi) is 12.7. The largest absolute Gasteiger partial charge is 3.00 e. The van der Waals surface area contributed by atoms with E-state index in [1.807, 2.05) is 0 Å². The second-order valence-corrected chi connectivity index (χ2v) is 2.42. The van der Waals surface area contributed by atoms with Crippen LogP contribution < -0.4 is 66.7 Å². The molecule has 0 aliphatic rings. The summed E-state index contributed by atoms with van der Waals surface area (Å²) in [5, 5.41) is 38.9. The molecule has 0 bridgehead atoms. The first-order chi connectivity index (χ1) is 5.78. The Morgan fingerprint density at radius 1 is 1.00 bits per heavy atom. The summed E-state index contributed by atoms with van der Waals surface area (Å²) in [6, 6.07) is 0. The van der Waals surface area contributed by atoms with Gasteiger partial charge in [0.05, 0.1) is 5.97 Å². The van der Waals surface area contributed by atoms with Crippen LogP contribution in [0.1, 0.15) is 12.8 Å². The maximum absolute atomic E-state index is 10.1. The third-order valence-corrected chi connectivity index (χ3v) is 1.25. The van der Waals surface area contributed by atoms with Crippen molar-refractivity contribution < 1.29 is 86.2 Å². The first-order valence-electron chi connectivity index (χ1n) is 3.11. The summed E-state index contributed by atoms with van der Waals surface area (Å²) < 4.78 is 0. The Bertz CT molecular complexity index is 238. The molecule has 0 unspecified atom stereocenters. The van der Waals surface area contributed by atoms with Crippen molar-refractivity contribution in [2.45, 2.75) is 18.4 Å². The predicted molar refractivity (Wildman–Crippen MR) is 35.0 cm³/mol. The molecule has 0 atom stereocenters. The Hall–Kier alpha value is 0.889. The molecule has 0 fully saturated rings. The summed E-state index contributed by atoms with van der Waals surface area (Å²) in [5.74, 6) is -5.98. The van der Waals surface area contributed by atoms with Gasteiger partial charge in [-0.3, -0.25) is 0 Å². The minimum atomic E-state index is -2.97. The van der Waals surface area contributed by atoms with Crippen molar-refractivity contribution in [3.63, 3.8) is 0 Å². The SMILES string of the molecule is O=C([O-])CC(O)(CC(=O)[O-])C(=O)[O-].[Bi+3].[K+]. The molecule has 0 aliphatic carbocycles. The van der Waals surface area contributed by atoms with E-state index in [0.717, 1.165) is 0 Å². The second-order valence-electron chi connectivity index (χ2n) is 2.42. The van der Waals surface area contributed by atoms with Crippen molar-refractivity contribution in [3.05, 3.63) is 0 Å². The van der Waals surface area contributed by atoms with Crippen LogP contribution in [0.4, 0.5) is 0 Å². The van der Waals surface area contributed by atoms with Crippen molar-refractivity contribution in [2.75, 3.05) is 0 Å². The summed E-state index contributed by atoms with van der Waals surface area (Å²) >= 11 is 0. The molecular weight excluding hydrogens is 432 g/mol. The van der Waals surface area contributed by atoms with Crippen LogP contribution in [0.25, 0.3) is 0 Å².